The number of rotatable bonds is 2. The first-order valence-corrected chi connectivity index (χ1v) is 6.26. The van der Waals surface area contributed by atoms with E-state index in [0.29, 0.717) is 5.89 Å². The second kappa shape index (κ2) is 4.42. The van der Waals surface area contributed by atoms with Crippen LogP contribution in [0.25, 0.3) is 22.6 Å². The van der Waals surface area contributed by atoms with Gasteiger partial charge >= 0.3 is 0 Å². The van der Waals surface area contributed by atoms with Crippen LogP contribution in [0.2, 0.25) is 0 Å². The van der Waals surface area contributed by atoms with Gasteiger partial charge in [0.2, 0.25) is 5.89 Å². The summed E-state index contributed by atoms with van der Waals surface area (Å²) in [6.45, 7) is 0. The SMILES string of the molecule is CNc1ccc(-c2nc3cc(Br)ccc3o2)cn1. The molecule has 4 nitrogen and oxygen atoms in total. The maximum atomic E-state index is 5.69. The van der Waals surface area contributed by atoms with Crippen LogP contribution in [0.1, 0.15) is 0 Å². The van der Waals surface area contributed by atoms with E-state index in [2.05, 4.69) is 31.2 Å². The molecule has 0 fully saturated rings. The summed E-state index contributed by atoms with van der Waals surface area (Å²) in [5.74, 6) is 1.40. The molecule has 2 heterocycles. The smallest absolute Gasteiger partial charge is 0.228 e. The van der Waals surface area contributed by atoms with Gasteiger partial charge in [-0.25, -0.2) is 9.97 Å². The topological polar surface area (TPSA) is 51.0 Å². The lowest BCUT2D eigenvalue weighted by Gasteiger charge is -1.98. The molecule has 3 rings (SSSR count). The molecule has 0 saturated heterocycles. The van der Waals surface area contributed by atoms with Crippen molar-refractivity contribution in [3.63, 3.8) is 0 Å². The molecule has 0 unspecified atom stereocenters. The van der Waals surface area contributed by atoms with Gasteiger partial charge < -0.3 is 9.73 Å². The van der Waals surface area contributed by atoms with Gasteiger partial charge in [0.1, 0.15) is 11.3 Å². The number of pyridine rings is 1. The number of benzene rings is 1. The van der Waals surface area contributed by atoms with Crippen molar-refractivity contribution in [1.82, 2.24) is 9.97 Å². The van der Waals surface area contributed by atoms with Crippen LogP contribution >= 0.6 is 15.9 Å². The lowest BCUT2D eigenvalue weighted by molar-refractivity contribution is 0.619. The van der Waals surface area contributed by atoms with Crippen LogP contribution in [0.5, 0.6) is 0 Å². The molecule has 2 aromatic heterocycles. The summed E-state index contributed by atoms with van der Waals surface area (Å²) >= 11 is 3.41. The van der Waals surface area contributed by atoms with E-state index in [1.165, 1.54) is 0 Å². The fourth-order valence-electron chi connectivity index (χ4n) is 1.69. The zero-order chi connectivity index (χ0) is 12.5. The van der Waals surface area contributed by atoms with Gasteiger partial charge in [-0.2, -0.15) is 0 Å². The average Bonchev–Trinajstić information content (AvgIpc) is 2.81. The molecular weight excluding hydrogens is 294 g/mol. The molecule has 1 N–H and O–H groups in total. The van der Waals surface area contributed by atoms with Gasteiger partial charge in [0.05, 0.1) is 5.56 Å². The zero-order valence-electron chi connectivity index (χ0n) is 9.64. The Morgan fingerprint density at radius 1 is 1.22 bits per heavy atom. The summed E-state index contributed by atoms with van der Waals surface area (Å²) in [6, 6.07) is 9.57. The Morgan fingerprint density at radius 2 is 2.11 bits per heavy atom. The standard InChI is InChI=1S/C13H10BrN3O/c1-15-12-5-2-8(7-16-12)13-17-10-6-9(14)3-4-11(10)18-13/h2-7H,1H3,(H,15,16). The van der Waals surface area contributed by atoms with E-state index in [1.54, 1.807) is 6.20 Å². The second-order valence-electron chi connectivity index (χ2n) is 3.81. The van der Waals surface area contributed by atoms with Gasteiger partial charge in [0.25, 0.3) is 0 Å². The minimum Gasteiger partial charge on any atom is -0.436 e. The molecule has 0 radical (unpaired) electrons. The van der Waals surface area contributed by atoms with Gasteiger partial charge in [-0.1, -0.05) is 15.9 Å². The molecule has 0 bridgehead atoms. The molecule has 1 aromatic carbocycles. The van der Waals surface area contributed by atoms with Crippen molar-refractivity contribution in [2.24, 2.45) is 0 Å². The van der Waals surface area contributed by atoms with E-state index >= 15 is 0 Å². The van der Waals surface area contributed by atoms with Crippen LogP contribution < -0.4 is 5.32 Å². The van der Waals surface area contributed by atoms with Crippen molar-refractivity contribution in [3.05, 3.63) is 41.0 Å². The van der Waals surface area contributed by atoms with E-state index in [-0.39, 0.29) is 0 Å². The first-order valence-electron chi connectivity index (χ1n) is 5.46. The minimum atomic E-state index is 0.582. The van der Waals surface area contributed by atoms with Gasteiger partial charge in [-0.3, -0.25) is 0 Å². The maximum absolute atomic E-state index is 5.69. The molecule has 0 aliphatic rings. The van der Waals surface area contributed by atoms with E-state index in [1.807, 2.05) is 37.4 Å². The highest BCUT2D eigenvalue weighted by atomic mass is 79.9. The molecule has 0 spiro atoms. The van der Waals surface area contributed by atoms with E-state index < -0.39 is 0 Å². The quantitative estimate of drug-likeness (QED) is 0.784. The third-order valence-electron chi connectivity index (χ3n) is 2.62. The lowest BCUT2D eigenvalue weighted by Crippen LogP contribution is -1.91. The lowest BCUT2D eigenvalue weighted by atomic mass is 10.3. The van der Waals surface area contributed by atoms with Gasteiger partial charge in [-0.15, -0.1) is 0 Å². The summed E-state index contributed by atoms with van der Waals surface area (Å²) in [5, 5.41) is 2.97. The molecule has 0 atom stereocenters. The fraction of sp³-hybridized carbons (Fsp3) is 0.0769. The number of nitrogens with zero attached hydrogens (tertiary/aromatic N) is 2. The second-order valence-corrected chi connectivity index (χ2v) is 4.73. The normalized spacial score (nSPS) is 10.8. The van der Waals surface area contributed by atoms with Crippen molar-refractivity contribution in [3.8, 4) is 11.5 Å². The summed E-state index contributed by atoms with van der Waals surface area (Å²) < 4.78 is 6.67. The number of aromatic nitrogens is 2. The number of hydrogen-bond acceptors (Lipinski definition) is 4. The van der Waals surface area contributed by atoms with Crippen LogP contribution in [-0.4, -0.2) is 17.0 Å². The first kappa shape index (κ1) is 11.2. The minimum absolute atomic E-state index is 0.582. The van der Waals surface area contributed by atoms with Gasteiger partial charge in [0.15, 0.2) is 5.58 Å². The molecule has 5 heteroatoms. The molecule has 0 aliphatic heterocycles. The first-order chi connectivity index (χ1) is 8.76. The highest BCUT2D eigenvalue weighted by Crippen LogP contribution is 2.26. The summed E-state index contributed by atoms with van der Waals surface area (Å²) in [6.07, 6.45) is 1.74. The Hall–Kier alpha value is -1.88. The molecule has 90 valence electrons. The van der Waals surface area contributed by atoms with Crippen LogP contribution in [0.4, 0.5) is 5.82 Å². The Bertz CT molecular complexity index is 691. The number of nitrogens with one attached hydrogen (secondary N) is 1. The van der Waals surface area contributed by atoms with Crippen molar-refractivity contribution in [2.45, 2.75) is 0 Å². The molecular formula is C13H10BrN3O. The Labute approximate surface area is 112 Å². The number of oxazole rings is 1. The highest BCUT2D eigenvalue weighted by Gasteiger charge is 2.08. The summed E-state index contributed by atoms with van der Waals surface area (Å²) in [5.41, 5.74) is 2.46. The Balaban J connectivity index is 2.07. The summed E-state index contributed by atoms with van der Waals surface area (Å²) in [4.78, 5) is 8.68. The predicted octanol–water partition coefficient (Wildman–Crippen LogP) is 3.69. The van der Waals surface area contributed by atoms with Crippen LogP contribution in [0, 0.1) is 0 Å². The zero-order valence-corrected chi connectivity index (χ0v) is 11.2. The van der Waals surface area contributed by atoms with Crippen molar-refractivity contribution in [1.29, 1.82) is 0 Å². The number of anilines is 1. The average molecular weight is 304 g/mol. The van der Waals surface area contributed by atoms with Crippen LogP contribution in [0.3, 0.4) is 0 Å². The molecule has 0 aliphatic carbocycles. The molecule has 0 saturated carbocycles. The molecule has 3 aromatic rings. The highest BCUT2D eigenvalue weighted by molar-refractivity contribution is 9.10. The molecule has 0 amide bonds. The van der Waals surface area contributed by atoms with Crippen LogP contribution in [-0.2, 0) is 0 Å². The number of halogens is 1. The fourth-order valence-corrected chi connectivity index (χ4v) is 2.04. The van der Waals surface area contributed by atoms with Gasteiger partial charge in [0, 0.05) is 17.7 Å². The Morgan fingerprint density at radius 3 is 2.83 bits per heavy atom. The van der Waals surface area contributed by atoms with E-state index in [0.717, 1.165) is 27.0 Å². The third kappa shape index (κ3) is 1.97. The van der Waals surface area contributed by atoms with E-state index in [9.17, 15) is 0 Å². The maximum Gasteiger partial charge on any atom is 0.228 e. The number of fused-ring (bicyclic) bond motifs is 1. The number of hydrogen-bond donors (Lipinski definition) is 1. The summed E-state index contributed by atoms with van der Waals surface area (Å²) in [7, 11) is 1.83. The third-order valence-corrected chi connectivity index (χ3v) is 3.11. The van der Waals surface area contributed by atoms with Crippen molar-refractivity contribution < 1.29 is 4.42 Å². The van der Waals surface area contributed by atoms with Crippen molar-refractivity contribution in [2.75, 3.05) is 12.4 Å². The predicted molar refractivity (Wildman–Crippen MR) is 74.5 cm³/mol. The van der Waals surface area contributed by atoms with Crippen molar-refractivity contribution >= 4 is 32.8 Å². The van der Waals surface area contributed by atoms with E-state index in [4.69, 9.17) is 4.42 Å². The Kier molecular flexibility index (Phi) is 2.76. The monoisotopic (exact) mass is 303 g/mol. The van der Waals surface area contributed by atoms with Crippen LogP contribution in [0.15, 0.2) is 45.4 Å². The molecule has 18 heavy (non-hydrogen) atoms. The van der Waals surface area contributed by atoms with Gasteiger partial charge in [-0.05, 0) is 30.3 Å². The largest absolute Gasteiger partial charge is 0.436 e.